The van der Waals surface area contributed by atoms with Crippen LogP contribution in [0.25, 0.3) is 0 Å². The topological polar surface area (TPSA) is 81.9 Å². The molecule has 2 rings (SSSR count). The zero-order chi connectivity index (χ0) is 15.2. The first-order valence-electron chi connectivity index (χ1n) is 7.08. The average Bonchev–Trinajstić information content (AvgIpc) is 2.49. The number of carbonyl (C=O) groups excluding carboxylic acids is 2. The molecule has 2 amide bonds. The quantitative estimate of drug-likeness (QED) is 0.917. The molecule has 1 aliphatic heterocycles. The smallest absolute Gasteiger partial charge is 0.409 e. The first-order chi connectivity index (χ1) is 10.1. The fourth-order valence-corrected chi connectivity index (χ4v) is 2.26. The highest BCUT2D eigenvalue weighted by Gasteiger charge is 2.24. The minimum Gasteiger partial charge on any atom is -0.490 e. The molecule has 1 aliphatic rings. The maximum atomic E-state index is 11.6. The Morgan fingerprint density at radius 3 is 2.38 bits per heavy atom. The summed E-state index contributed by atoms with van der Waals surface area (Å²) in [6.45, 7) is 3.44. The highest BCUT2D eigenvalue weighted by atomic mass is 16.6. The maximum Gasteiger partial charge on any atom is 0.409 e. The number of amides is 2. The van der Waals surface area contributed by atoms with Gasteiger partial charge in [-0.25, -0.2) is 4.79 Å². The van der Waals surface area contributed by atoms with Crippen molar-refractivity contribution in [2.75, 3.05) is 19.7 Å². The number of nitrogens with zero attached hydrogens (tertiary/aromatic N) is 1. The van der Waals surface area contributed by atoms with Crippen molar-refractivity contribution in [3.63, 3.8) is 0 Å². The van der Waals surface area contributed by atoms with Gasteiger partial charge in [-0.15, -0.1) is 0 Å². The molecule has 1 heterocycles. The molecule has 0 aromatic heterocycles. The monoisotopic (exact) mass is 292 g/mol. The van der Waals surface area contributed by atoms with Crippen LogP contribution in [0, 0.1) is 0 Å². The molecule has 1 aromatic rings. The van der Waals surface area contributed by atoms with Crippen molar-refractivity contribution >= 4 is 12.0 Å². The summed E-state index contributed by atoms with van der Waals surface area (Å²) in [4.78, 5) is 24.3. The van der Waals surface area contributed by atoms with E-state index in [9.17, 15) is 9.59 Å². The number of primary amides is 1. The molecule has 0 spiro atoms. The Balaban J connectivity index is 1.83. The Bertz CT molecular complexity index is 493. The number of nitrogens with two attached hydrogens (primary N) is 1. The van der Waals surface area contributed by atoms with Gasteiger partial charge in [-0.2, -0.15) is 0 Å². The lowest BCUT2D eigenvalue weighted by molar-refractivity contribution is 0.0703. The summed E-state index contributed by atoms with van der Waals surface area (Å²) in [5, 5.41) is 0. The Hall–Kier alpha value is -2.24. The van der Waals surface area contributed by atoms with Crippen molar-refractivity contribution in [2.45, 2.75) is 25.9 Å². The van der Waals surface area contributed by atoms with E-state index in [1.54, 1.807) is 36.1 Å². The molecular formula is C15H20N2O4. The molecule has 114 valence electrons. The average molecular weight is 292 g/mol. The van der Waals surface area contributed by atoms with E-state index in [-0.39, 0.29) is 12.2 Å². The van der Waals surface area contributed by atoms with Gasteiger partial charge >= 0.3 is 6.09 Å². The standard InChI is InChI=1S/C15H20N2O4/c1-2-20-15(19)17-9-7-13(8-10-17)21-12-5-3-11(4-6-12)14(16)18/h3-6,13H,2,7-10H2,1H3,(H2,16,18). The summed E-state index contributed by atoms with van der Waals surface area (Å²) in [5.41, 5.74) is 5.65. The number of likely N-dealkylation sites (tertiary alicyclic amines) is 1. The highest BCUT2D eigenvalue weighted by molar-refractivity contribution is 5.92. The van der Waals surface area contributed by atoms with Crippen molar-refractivity contribution in [3.8, 4) is 5.75 Å². The van der Waals surface area contributed by atoms with Gasteiger partial charge in [-0.1, -0.05) is 0 Å². The van der Waals surface area contributed by atoms with Crippen LogP contribution in [0.3, 0.4) is 0 Å². The van der Waals surface area contributed by atoms with E-state index < -0.39 is 5.91 Å². The Morgan fingerprint density at radius 1 is 1.24 bits per heavy atom. The summed E-state index contributed by atoms with van der Waals surface area (Å²) in [5.74, 6) is 0.249. The lowest BCUT2D eigenvalue weighted by Gasteiger charge is -2.31. The van der Waals surface area contributed by atoms with Crippen LogP contribution in [-0.4, -0.2) is 42.7 Å². The molecule has 21 heavy (non-hydrogen) atoms. The van der Waals surface area contributed by atoms with Gasteiger partial charge in [0.25, 0.3) is 0 Å². The third kappa shape index (κ3) is 4.11. The maximum absolute atomic E-state index is 11.6. The molecule has 6 heteroatoms. The number of hydrogen-bond donors (Lipinski definition) is 1. The second-order valence-corrected chi connectivity index (χ2v) is 4.89. The predicted molar refractivity (Wildman–Crippen MR) is 77.2 cm³/mol. The highest BCUT2D eigenvalue weighted by Crippen LogP contribution is 2.20. The van der Waals surface area contributed by atoms with Gasteiger partial charge in [0.2, 0.25) is 5.91 Å². The third-order valence-electron chi connectivity index (χ3n) is 3.41. The van der Waals surface area contributed by atoms with Gasteiger partial charge in [0, 0.05) is 31.5 Å². The van der Waals surface area contributed by atoms with Gasteiger partial charge in [0.1, 0.15) is 11.9 Å². The minimum absolute atomic E-state index is 0.0649. The number of piperidine rings is 1. The molecule has 2 N–H and O–H groups in total. The molecule has 0 saturated carbocycles. The SMILES string of the molecule is CCOC(=O)N1CCC(Oc2ccc(C(N)=O)cc2)CC1. The van der Waals surface area contributed by atoms with Crippen molar-refractivity contribution in [2.24, 2.45) is 5.73 Å². The first-order valence-corrected chi connectivity index (χ1v) is 7.08. The van der Waals surface area contributed by atoms with Crippen molar-refractivity contribution in [1.29, 1.82) is 0 Å². The van der Waals surface area contributed by atoms with Crippen LogP contribution in [0.5, 0.6) is 5.75 Å². The molecule has 0 radical (unpaired) electrons. The van der Waals surface area contributed by atoms with Gasteiger partial charge < -0.3 is 20.1 Å². The normalized spacial score (nSPS) is 15.6. The van der Waals surface area contributed by atoms with Crippen LogP contribution >= 0.6 is 0 Å². The van der Waals surface area contributed by atoms with Crippen molar-refractivity contribution in [3.05, 3.63) is 29.8 Å². The van der Waals surface area contributed by atoms with Crippen molar-refractivity contribution < 1.29 is 19.1 Å². The van der Waals surface area contributed by atoms with Crippen LogP contribution in [0.4, 0.5) is 4.79 Å². The van der Waals surface area contributed by atoms with Gasteiger partial charge in [-0.05, 0) is 31.2 Å². The fourth-order valence-electron chi connectivity index (χ4n) is 2.26. The second kappa shape index (κ2) is 6.97. The predicted octanol–water partition coefficient (Wildman–Crippen LogP) is 1.79. The fraction of sp³-hybridized carbons (Fsp3) is 0.467. The first kappa shape index (κ1) is 15.2. The molecule has 6 nitrogen and oxygen atoms in total. The zero-order valence-electron chi connectivity index (χ0n) is 12.1. The van der Waals surface area contributed by atoms with E-state index in [0.717, 1.165) is 12.8 Å². The van der Waals surface area contributed by atoms with Crippen molar-refractivity contribution in [1.82, 2.24) is 4.90 Å². The molecular weight excluding hydrogens is 272 g/mol. The molecule has 0 atom stereocenters. The molecule has 0 aliphatic carbocycles. The summed E-state index contributed by atoms with van der Waals surface area (Å²) in [6, 6.07) is 6.76. The summed E-state index contributed by atoms with van der Waals surface area (Å²) >= 11 is 0. The Morgan fingerprint density at radius 2 is 1.86 bits per heavy atom. The van der Waals surface area contributed by atoms with E-state index in [4.69, 9.17) is 15.2 Å². The van der Waals surface area contributed by atoms with Gasteiger partial charge in [0.05, 0.1) is 6.61 Å². The van der Waals surface area contributed by atoms with E-state index in [0.29, 0.717) is 31.0 Å². The molecule has 0 bridgehead atoms. The number of ether oxygens (including phenoxy) is 2. The van der Waals surface area contributed by atoms with Crippen LogP contribution < -0.4 is 10.5 Å². The largest absolute Gasteiger partial charge is 0.490 e. The van der Waals surface area contributed by atoms with Crippen LogP contribution in [0.2, 0.25) is 0 Å². The summed E-state index contributed by atoms with van der Waals surface area (Å²) < 4.78 is 10.8. The number of carbonyl (C=O) groups is 2. The van der Waals surface area contributed by atoms with Crippen LogP contribution in [-0.2, 0) is 4.74 Å². The number of rotatable bonds is 4. The van der Waals surface area contributed by atoms with E-state index in [2.05, 4.69) is 0 Å². The molecule has 1 aromatic carbocycles. The Labute approximate surface area is 123 Å². The summed E-state index contributed by atoms with van der Waals surface area (Å²) in [7, 11) is 0. The van der Waals surface area contributed by atoms with Gasteiger partial charge in [-0.3, -0.25) is 4.79 Å². The van der Waals surface area contributed by atoms with E-state index in [1.807, 2.05) is 0 Å². The van der Waals surface area contributed by atoms with Crippen LogP contribution in [0.15, 0.2) is 24.3 Å². The van der Waals surface area contributed by atoms with Gasteiger partial charge in [0.15, 0.2) is 0 Å². The molecule has 1 fully saturated rings. The van der Waals surface area contributed by atoms with E-state index in [1.165, 1.54) is 0 Å². The van der Waals surface area contributed by atoms with E-state index >= 15 is 0 Å². The Kier molecular flexibility index (Phi) is 5.03. The molecule has 0 unspecified atom stereocenters. The van der Waals surface area contributed by atoms with Crippen LogP contribution in [0.1, 0.15) is 30.1 Å². The molecule has 1 saturated heterocycles. The zero-order valence-corrected chi connectivity index (χ0v) is 12.1. The minimum atomic E-state index is -0.454. The lowest BCUT2D eigenvalue weighted by Crippen LogP contribution is -2.42. The number of benzene rings is 1. The number of hydrogen-bond acceptors (Lipinski definition) is 4. The lowest BCUT2D eigenvalue weighted by atomic mass is 10.1. The third-order valence-corrected chi connectivity index (χ3v) is 3.41. The second-order valence-electron chi connectivity index (χ2n) is 4.89. The summed E-state index contributed by atoms with van der Waals surface area (Å²) in [6.07, 6.45) is 1.32.